The summed E-state index contributed by atoms with van der Waals surface area (Å²) < 4.78 is 7.24. The quantitative estimate of drug-likeness (QED) is 0.789. The topological polar surface area (TPSA) is 43.3 Å². The highest BCUT2D eigenvalue weighted by Gasteiger charge is 2.06. The Kier molecular flexibility index (Phi) is 5.43. The molecule has 1 aromatic carbocycles. The molecule has 21 heavy (non-hydrogen) atoms. The molecular formula is C17H22N2O2. The van der Waals surface area contributed by atoms with Gasteiger partial charge in [-0.3, -0.25) is 0 Å². The fraction of sp³-hybridized carbons (Fsp3) is 0.353. The molecule has 0 fully saturated rings. The van der Waals surface area contributed by atoms with Gasteiger partial charge in [-0.15, -0.1) is 0 Å². The molecule has 0 spiro atoms. The fourth-order valence-electron chi connectivity index (χ4n) is 2.00. The molecule has 0 saturated heterocycles. The number of carbonyl (C=O) groups is 1. The number of ether oxygens (including phenoxy) is 1. The van der Waals surface area contributed by atoms with Crippen LogP contribution in [0.4, 0.5) is 5.69 Å². The van der Waals surface area contributed by atoms with Crippen LogP contribution in [0.1, 0.15) is 36.2 Å². The Labute approximate surface area is 125 Å². The molecule has 1 N–H and O–H groups in total. The summed E-state index contributed by atoms with van der Waals surface area (Å²) in [4.78, 5) is 11.7. The van der Waals surface area contributed by atoms with Crippen molar-refractivity contribution >= 4 is 11.7 Å². The van der Waals surface area contributed by atoms with Crippen molar-refractivity contribution in [3.05, 3.63) is 53.9 Å². The summed E-state index contributed by atoms with van der Waals surface area (Å²) in [6.07, 6.45) is 5.04. The smallest absolute Gasteiger partial charge is 0.338 e. The van der Waals surface area contributed by atoms with Crippen LogP contribution in [-0.4, -0.2) is 17.1 Å². The summed E-state index contributed by atoms with van der Waals surface area (Å²) >= 11 is 0. The lowest BCUT2D eigenvalue weighted by Crippen LogP contribution is -2.06. The van der Waals surface area contributed by atoms with Crippen LogP contribution < -0.4 is 5.32 Å². The number of anilines is 1. The van der Waals surface area contributed by atoms with Crippen molar-refractivity contribution in [2.75, 3.05) is 11.9 Å². The number of esters is 1. The van der Waals surface area contributed by atoms with E-state index >= 15 is 0 Å². The highest BCUT2D eigenvalue weighted by atomic mass is 16.5. The standard InChI is InChI=1S/C17H22N2O2/c1-3-11-21-17(20)15-5-7-16(8-6-15)18-12-14-9-10-19(4-2)13-14/h5-10,13,18H,3-4,11-12H2,1-2H3. The molecule has 1 heterocycles. The van der Waals surface area contributed by atoms with Crippen LogP contribution in [-0.2, 0) is 17.8 Å². The fourth-order valence-corrected chi connectivity index (χ4v) is 2.00. The van der Waals surface area contributed by atoms with Crippen molar-refractivity contribution in [3.8, 4) is 0 Å². The number of rotatable bonds is 7. The van der Waals surface area contributed by atoms with Crippen LogP contribution >= 0.6 is 0 Å². The van der Waals surface area contributed by atoms with Gasteiger partial charge in [0.15, 0.2) is 0 Å². The summed E-state index contributed by atoms with van der Waals surface area (Å²) in [5, 5.41) is 3.34. The Balaban J connectivity index is 1.88. The molecule has 0 aliphatic carbocycles. The van der Waals surface area contributed by atoms with Gasteiger partial charge in [-0.05, 0) is 49.2 Å². The number of aryl methyl sites for hydroxylation is 1. The highest BCUT2D eigenvalue weighted by Crippen LogP contribution is 2.12. The van der Waals surface area contributed by atoms with Crippen LogP contribution in [0, 0.1) is 0 Å². The third kappa shape index (κ3) is 4.38. The zero-order valence-corrected chi connectivity index (χ0v) is 12.6. The first kappa shape index (κ1) is 15.2. The van der Waals surface area contributed by atoms with Crippen LogP contribution in [0.15, 0.2) is 42.7 Å². The largest absolute Gasteiger partial charge is 0.462 e. The molecular weight excluding hydrogens is 264 g/mol. The molecule has 112 valence electrons. The van der Waals surface area contributed by atoms with Gasteiger partial charge in [-0.25, -0.2) is 4.79 Å². The Hall–Kier alpha value is -2.23. The predicted octanol–water partition coefficient (Wildman–Crippen LogP) is 3.69. The minimum atomic E-state index is -0.261. The third-order valence-corrected chi connectivity index (χ3v) is 3.23. The molecule has 4 heteroatoms. The summed E-state index contributed by atoms with van der Waals surface area (Å²) in [7, 11) is 0. The van der Waals surface area contributed by atoms with Gasteiger partial charge in [0.2, 0.25) is 0 Å². The number of nitrogens with zero attached hydrogens (tertiary/aromatic N) is 1. The second-order valence-electron chi connectivity index (χ2n) is 4.92. The van der Waals surface area contributed by atoms with Gasteiger partial charge in [-0.2, -0.15) is 0 Å². The van der Waals surface area contributed by atoms with Crippen LogP contribution in [0.5, 0.6) is 0 Å². The van der Waals surface area contributed by atoms with Crippen LogP contribution in [0.25, 0.3) is 0 Å². The lowest BCUT2D eigenvalue weighted by Gasteiger charge is -2.07. The molecule has 2 rings (SSSR count). The normalized spacial score (nSPS) is 10.4. The number of hydrogen-bond acceptors (Lipinski definition) is 3. The van der Waals surface area contributed by atoms with Gasteiger partial charge in [-0.1, -0.05) is 6.92 Å². The molecule has 0 aliphatic heterocycles. The maximum absolute atomic E-state index is 11.7. The summed E-state index contributed by atoms with van der Waals surface area (Å²) in [5.41, 5.74) is 2.82. The van der Waals surface area contributed by atoms with E-state index in [4.69, 9.17) is 4.74 Å². The van der Waals surface area contributed by atoms with Crippen molar-refractivity contribution in [1.29, 1.82) is 0 Å². The number of nitrogens with one attached hydrogen (secondary N) is 1. The van der Waals surface area contributed by atoms with E-state index in [1.165, 1.54) is 5.56 Å². The molecule has 0 saturated carbocycles. The zero-order chi connectivity index (χ0) is 15.1. The van der Waals surface area contributed by atoms with Crippen LogP contribution in [0.3, 0.4) is 0 Å². The first-order valence-corrected chi connectivity index (χ1v) is 7.38. The Bertz CT molecular complexity index is 573. The van der Waals surface area contributed by atoms with Crippen molar-refractivity contribution < 1.29 is 9.53 Å². The van der Waals surface area contributed by atoms with E-state index in [1.54, 1.807) is 12.1 Å². The maximum Gasteiger partial charge on any atom is 0.338 e. The number of carbonyl (C=O) groups excluding carboxylic acids is 1. The molecule has 1 aromatic heterocycles. The number of hydrogen-bond donors (Lipinski definition) is 1. The molecule has 0 amide bonds. The summed E-state index contributed by atoms with van der Waals surface area (Å²) in [6, 6.07) is 9.49. The predicted molar refractivity (Wildman–Crippen MR) is 84.4 cm³/mol. The van der Waals surface area contributed by atoms with E-state index in [1.807, 2.05) is 19.1 Å². The minimum Gasteiger partial charge on any atom is -0.462 e. The van der Waals surface area contributed by atoms with E-state index in [9.17, 15) is 4.79 Å². The molecule has 0 radical (unpaired) electrons. The average Bonchev–Trinajstić information content (AvgIpc) is 2.99. The second kappa shape index (κ2) is 7.53. The summed E-state index contributed by atoms with van der Waals surface area (Å²) in [6.45, 7) is 6.31. The lowest BCUT2D eigenvalue weighted by atomic mass is 10.2. The van der Waals surface area contributed by atoms with E-state index in [-0.39, 0.29) is 5.97 Å². The van der Waals surface area contributed by atoms with Crippen LogP contribution in [0.2, 0.25) is 0 Å². The van der Waals surface area contributed by atoms with Crippen molar-refractivity contribution in [2.45, 2.75) is 33.4 Å². The SMILES string of the molecule is CCCOC(=O)c1ccc(NCc2ccn(CC)c2)cc1. The van der Waals surface area contributed by atoms with Crippen molar-refractivity contribution in [2.24, 2.45) is 0 Å². The number of benzene rings is 1. The van der Waals surface area contributed by atoms with Gasteiger partial charge in [0.05, 0.1) is 12.2 Å². The third-order valence-electron chi connectivity index (χ3n) is 3.23. The maximum atomic E-state index is 11.7. The summed E-state index contributed by atoms with van der Waals surface area (Å²) in [5.74, 6) is -0.261. The Morgan fingerprint density at radius 2 is 1.95 bits per heavy atom. The van der Waals surface area contributed by atoms with Crippen molar-refractivity contribution in [1.82, 2.24) is 4.57 Å². The number of aromatic nitrogens is 1. The van der Waals surface area contributed by atoms with Crippen molar-refractivity contribution in [3.63, 3.8) is 0 Å². The van der Waals surface area contributed by atoms with Gasteiger partial charge >= 0.3 is 5.97 Å². The first-order valence-electron chi connectivity index (χ1n) is 7.38. The van der Waals surface area contributed by atoms with E-state index in [2.05, 4.69) is 35.3 Å². The first-order chi connectivity index (χ1) is 10.2. The molecule has 0 atom stereocenters. The van der Waals surface area contributed by atoms with E-state index in [0.29, 0.717) is 12.2 Å². The van der Waals surface area contributed by atoms with Gasteiger partial charge in [0.1, 0.15) is 0 Å². The zero-order valence-electron chi connectivity index (χ0n) is 12.6. The van der Waals surface area contributed by atoms with Gasteiger partial charge in [0.25, 0.3) is 0 Å². The van der Waals surface area contributed by atoms with E-state index < -0.39 is 0 Å². The van der Waals surface area contributed by atoms with Gasteiger partial charge < -0.3 is 14.6 Å². The monoisotopic (exact) mass is 286 g/mol. The Morgan fingerprint density at radius 3 is 2.57 bits per heavy atom. The van der Waals surface area contributed by atoms with E-state index in [0.717, 1.165) is 25.2 Å². The molecule has 0 aliphatic rings. The Morgan fingerprint density at radius 1 is 1.19 bits per heavy atom. The average molecular weight is 286 g/mol. The molecule has 0 bridgehead atoms. The lowest BCUT2D eigenvalue weighted by molar-refractivity contribution is 0.0505. The minimum absolute atomic E-state index is 0.261. The highest BCUT2D eigenvalue weighted by molar-refractivity contribution is 5.89. The van der Waals surface area contributed by atoms with Gasteiger partial charge in [0, 0.05) is 31.2 Å². The molecule has 0 unspecified atom stereocenters. The molecule has 4 nitrogen and oxygen atoms in total. The molecule has 2 aromatic rings. The second-order valence-corrected chi connectivity index (χ2v) is 4.92.